The summed E-state index contributed by atoms with van der Waals surface area (Å²) in [6, 6.07) is 2.25. The van der Waals surface area contributed by atoms with Gasteiger partial charge in [-0.25, -0.2) is 9.50 Å². The van der Waals surface area contributed by atoms with Crippen LogP contribution in [0.1, 0.15) is 85.8 Å². The second kappa shape index (κ2) is 6.43. The number of hydrogen-bond acceptors (Lipinski definition) is 3. The molecule has 0 saturated heterocycles. The molecule has 6 rings (SSSR count). The van der Waals surface area contributed by atoms with Gasteiger partial charge in [-0.05, 0) is 79.5 Å². The van der Waals surface area contributed by atoms with Crippen molar-refractivity contribution < 1.29 is 0 Å². The molecule has 0 atom stereocenters. The Balaban J connectivity index is 1.45. The zero-order valence-corrected chi connectivity index (χ0v) is 19.2. The van der Waals surface area contributed by atoms with E-state index in [0.29, 0.717) is 11.3 Å². The number of H-pyrrole nitrogens is 1. The van der Waals surface area contributed by atoms with Gasteiger partial charge in [0.1, 0.15) is 11.2 Å². The number of hydrogen-bond donors (Lipinski definition) is 1. The third kappa shape index (κ3) is 2.57. The van der Waals surface area contributed by atoms with Crippen molar-refractivity contribution >= 4 is 27.2 Å². The largest absolute Gasteiger partial charge is 0.346 e. The Morgan fingerprint density at radius 1 is 1.20 bits per heavy atom. The van der Waals surface area contributed by atoms with E-state index < -0.39 is 0 Å². The maximum absolute atomic E-state index is 4.38. The highest BCUT2D eigenvalue weighted by Gasteiger charge is 2.47. The van der Waals surface area contributed by atoms with Crippen LogP contribution in [-0.4, -0.2) is 19.6 Å². The average Bonchev–Trinajstić information content (AvgIpc) is 3.44. The minimum absolute atomic E-state index is 0.462. The topological polar surface area (TPSA) is 46.0 Å². The number of nitrogens with one attached hydrogen (secondary N) is 1. The fourth-order valence-corrected chi connectivity index (χ4v) is 7.71. The number of rotatable bonds is 3. The third-order valence-corrected chi connectivity index (χ3v) is 9.15. The minimum atomic E-state index is 0.462. The lowest BCUT2D eigenvalue weighted by atomic mass is 9.60. The summed E-state index contributed by atoms with van der Waals surface area (Å²) >= 11 is 2.02. The second-order valence-corrected chi connectivity index (χ2v) is 11.2. The zero-order valence-electron chi connectivity index (χ0n) is 18.4. The van der Waals surface area contributed by atoms with Crippen molar-refractivity contribution in [3.05, 3.63) is 40.2 Å². The van der Waals surface area contributed by atoms with Crippen molar-refractivity contribution in [3.63, 3.8) is 0 Å². The molecule has 4 aromatic rings. The predicted molar refractivity (Wildman–Crippen MR) is 125 cm³/mol. The van der Waals surface area contributed by atoms with Gasteiger partial charge in [0.05, 0.1) is 5.69 Å². The Morgan fingerprint density at radius 3 is 2.70 bits per heavy atom. The van der Waals surface area contributed by atoms with Crippen molar-refractivity contribution in [1.82, 2.24) is 19.6 Å². The van der Waals surface area contributed by atoms with Crippen LogP contribution < -0.4 is 0 Å². The molecule has 0 unspecified atom stereocenters. The molecule has 1 N–H and O–H groups in total. The molecule has 4 heterocycles. The fraction of sp³-hybridized carbons (Fsp3) is 0.520. The number of nitrogens with zero attached hydrogens (tertiary/aromatic N) is 3. The monoisotopic (exact) mass is 418 g/mol. The summed E-state index contributed by atoms with van der Waals surface area (Å²) in [7, 11) is 0. The number of aromatic amines is 1. The van der Waals surface area contributed by atoms with E-state index in [0.717, 1.165) is 17.1 Å². The Kier molecular flexibility index (Phi) is 3.99. The SMILES string of the molecule is Cc1c(C2CC3(CCCC3)C2)sc2[nH]c(-c3cc(C)c4ncnn4c3)c(C(C)C)c12. The van der Waals surface area contributed by atoms with Crippen molar-refractivity contribution in [2.75, 3.05) is 0 Å². The molecule has 30 heavy (non-hydrogen) atoms. The molecule has 1 spiro atoms. The van der Waals surface area contributed by atoms with Crippen molar-refractivity contribution in [2.24, 2.45) is 5.41 Å². The lowest BCUT2D eigenvalue weighted by molar-refractivity contribution is 0.112. The Hall–Kier alpha value is -2.14. The summed E-state index contributed by atoms with van der Waals surface area (Å²) in [4.78, 5) is 11.2. The van der Waals surface area contributed by atoms with Crippen LogP contribution in [0.25, 0.3) is 27.1 Å². The van der Waals surface area contributed by atoms with E-state index in [1.165, 1.54) is 71.1 Å². The lowest BCUT2D eigenvalue weighted by Gasteiger charge is -2.45. The quantitative estimate of drug-likeness (QED) is 0.385. The van der Waals surface area contributed by atoms with E-state index in [-0.39, 0.29) is 0 Å². The van der Waals surface area contributed by atoms with Crippen molar-refractivity contribution in [3.8, 4) is 11.3 Å². The molecule has 0 aromatic carbocycles. The standard InChI is InChI=1S/C25H30N4S/c1-14(2)19-20-16(4)22(18-10-25(11-18)7-5-6-8-25)30-24(20)28-21(19)17-9-15(3)23-26-13-27-29(23)12-17/h9,12-14,18,28H,5-8,10-11H2,1-4H3. The van der Waals surface area contributed by atoms with Crippen LogP contribution in [-0.2, 0) is 0 Å². The van der Waals surface area contributed by atoms with Gasteiger partial charge in [-0.2, -0.15) is 5.10 Å². The molecule has 0 bridgehead atoms. The minimum Gasteiger partial charge on any atom is -0.346 e. The van der Waals surface area contributed by atoms with Gasteiger partial charge in [-0.1, -0.05) is 26.7 Å². The molecule has 0 radical (unpaired) electrons. The number of fused-ring (bicyclic) bond motifs is 2. The van der Waals surface area contributed by atoms with Gasteiger partial charge < -0.3 is 4.98 Å². The first-order valence-electron chi connectivity index (χ1n) is 11.4. The van der Waals surface area contributed by atoms with Gasteiger partial charge in [-0.15, -0.1) is 11.3 Å². The highest BCUT2D eigenvalue weighted by molar-refractivity contribution is 7.19. The molecule has 2 saturated carbocycles. The maximum Gasteiger partial charge on any atom is 0.158 e. The molecule has 2 aliphatic carbocycles. The summed E-state index contributed by atoms with van der Waals surface area (Å²) in [5.41, 5.74) is 8.23. The van der Waals surface area contributed by atoms with Crippen LogP contribution in [0.3, 0.4) is 0 Å². The molecule has 4 nitrogen and oxygen atoms in total. The van der Waals surface area contributed by atoms with Gasteiger partial charge in [0.25, 0.3) is 0 Å². The number of aromatic nitrogens is 4. The van der Waals surface area contributed by atoms with Crippen LogP contribution in [0, 0.1) is 19.3 Å². The van der Waals surface area contributed by atoms with E-state index in [1.807, 2.05) is 15.9 Å². The molecule has 156 valence electrons. The summed E-state index contributed by atoms with van der Waals surface area (Å²) in [5.74, 6) is 1.25. The molecule has 0 amide bonds. The van der Waals surface area contributed by atoms with Crippen molar-refractivity contribution in [1.29, 1.82) is 0 Å². The highest BCUT2D eigenvalue weighted by atomic mass is 32.1. The van der Waals surface area contributed by atoms with Gasteiger partial charge in [0.2, 0.25) is 0 Å². The van der Waals surface area contributed by atoms with Crippen LogP contribution in [0.15, 0.2) is 18.6 Å². The summed E-state index contributed by atoms with van der Waals surface area (Å²) in [6.45, 7) is 9.12. The van der Waals surface area contributed by atoms with Crippen LogP contribution >= 0.6 is 11.3 Å². The summed E-state index contributed by atoms with van der Waals surface area (Å²) < 4.78 is 1.90. The van der Waals surface area contributed by atoms with Crippen molar-refractivity contribution in [2.45, 2.75) is 78.1 Å². The smallest absolute Gasteiger partial charge is 0.158 e. The Morgan fingerprint density at radius 2 is 1.97 bits per heavy atom. The first-order chi connectivity index (χ1) is 14.5. The molecule has 2 aliphatic rings. The third-order valence-electron chi connectivity index (χ3n) is 7.78. The fourth-order valence-electron chi connectivity index (χ4n) is 6.38. The van der Waals surface area contributed by atoms with E-state index >= 15 is 0 Å². The van der Waals surface area contributed by atoms with Crippen LogP contribution in [0.4, 0.5) is 0 Å². The number of thiophene rings is 1. The van der Waals surface area contributed by atoms with E-state index in [4.69, 9.17) is 0 Å². The highest BCUT2D eigenvalue weighted by Crippen LogP contribution is 2.61. The number of pyridine rings is 1. The van der Waals surface area contributed by atoms with Gasteiger partial charge in [0, 0.05) is 22.0 Å². The zero-order chi connectivity index (χ0) is 20.6. The Bertz CT molecular complexity index is 1260. The van der Waals surface area contributed by atoms with Crippen LogP contribution in [0.5, 0.6) is 0 Å². The van der Waals surface area contributed by atoms with E-state index in [1.54, 1.807) is 11.2 Å². The van der Waals surface area contributed by atoms with E-state index in [9.17, 15) is 0 Å². The maximum atomic E-state index is 4.38. The summed E-state index contributed by atoms with van der Waals surface area (Å²) in [5, 5.41) is 5.86. The molecular formula is C25H30N4S. The molecule has 4 aromatic heterocycles. The van der Waals surface area contributed by atoms with Crippen LogP contribution in [0.2, 0.25) is 0 Å². The molecule has 2 fully saturated rings. The first-order valence-corrected chi connectivity index (χ1v) is 12.2. The van der Waals surface area contributed by atoms with Gasteiger partial charge in [-0.3, -0.25) is 0 Å². The molecular weight excluding hydrogens is 388 g/mol. The number of aryl methyl sites for hydroxylation is 2. The predicted octanol–water partition coefficient (Wildman–Crippen LogP) is 7.12. The average molecular weight is 419 g/mol. The second-order valence-electron chi connectivity index (χ2n) is 10.1. The normalized spacial score (nSPS) is 19.0. The molecule has 0 aliphatic heterocycles. The Labute approximate surface area is 181 Å². The lowest BCUT2D eigenvalue weighted by Crippen LogP contribution is -2.32. The van der Waals surface area contributed by atoms with Gasteiger partial charge in [0.15, 0.2) is 5.65 Å². The first kappa shape index (κ1) is 18.6. The summed E-state index contributed by atoms with van der Waals surface area (Å²) in [6.07, 6.45) is 12.4. The van der Waals surface area contributed by atoms with Gasteiger partial charge >= 0.3 is 0 Å². The molecule has 5 heteroatoms. The van der Waals surface area contributed by atoms with E-state index in [2.05, 4.69) is 55.0 Å².